The molecule has 0 saturated heterocycles. The molecule has 0 aliphatic carbocycles. The Bertz CT molecular complexity index is 118. The number of rotatable bonds is 6. The molecule has 5 nitrogen and oxygen atoms in total. The lowest BCUT2D eigenvalue weighted by Crippen LogP contribution is -2.31. The molecular weight excluding hydrogens is 148 g/mol. The van der Waals surface area contributed by atoms with E-state index in [1.54, 1.807) is 0 Å². The number of ether oxygens (including phenoxy) is 1. The smallest absolute Gasteiger partial charge is 0.320 e. The zero-order valence-electron chi connectivity index (χ0n) is 6.32. The Kier molecular flexibility index (Phi) is 5.73. The van der Waals surface area contributed by atoms with Gasteiger partial charge in [0.25, 0.3) is 0 Å². The quantitative estimate of drug-likeness (QED) is 0.424. The molecule has 5 N–H and O–H groups in total. The van der Waals surface area contributed by atoms with Gasteiger partial charge in [-0.25, -0.2) is 0 Å². The second kappa shape index (κ2) is 6.09. The number of carbonyl (C=O) groups is 1. The van der Waals surface area contributed by atoms with E-state index >= 15 is 0 Å². The molecule has 0 heterocycles. The van der Waals surface area contributed by atoms with Gasteiger partial charge in [0, 0.05) is 13.2 Å². The summed E-state index contributed by atoms with van der Waals surface area (Å²) in [5.41, 5.74) is 10.3. The maximum absolute atomic E-state index is 10.2. The van der Waals surface area contributed by atoms with E-state index in [1.165, 1.54) is 0 Å². The first-order chi connectivity index (χ1) is 5.18. The summed E-state index contributed by atoms with van der Waals surface area (Å²) in [6.45, 7) is 1.25. The fourth-order valence-corrected chi connectivity index (χ4v) is 0.519. The lowest BCUT2D eigenvalue weighted by Gasteiger charge is -2.05. The maximum atomic E-state index is 10.2. The summed E-state index contributed by atoms with van der Waals surface area (Å²) in [5.74, 6) is -0.999. The zero-order chi connectivity index (χ0) is 8.69. The van der Waals surface area contributed by atoms with Crippen LogP contribution in [0.1, 0.15) is 6.42 Å². The van der Waals surface area contributed by atoms with E-state index < -0.39 is 12.0 Å². The lowest BCUT2D eigenvalue weighted by molar-refractivity contribution is -0.139. The average molecular weight is 162 g/mol. The molecule has 0 saturated carbocycles. The minimum absolute atomic E-state index is 0.329. The molecule has 0 unspecified atom stereocenters. The van der Waals surface area contributed by atoms with Gasteiger partial charge in [0.2, 0.25) is 0 Å². The number of hydrogen-bond acceptors (Lipinski definition) is 4. The van der Waals surface area contributed by atoms with E-state index in [1.807, 2.05) is 0 Å². The van der Waals surface area contributed by atoms with Crippen LogP contribution in [0.4, 0.5) is 0 Å². The molecule has 1 atom stereocenters. The van der Waals surface area contributed by atoms with Gasteiger partial charge in [-0.15, -0.1) is 0 Å². The normalized spacial score (nSPS) is 12.9. The molecule has 11 heavy (non-hydrogen) atoms. The summed E-state index contributed by atoms with van der Waals surface area (Å²) >= 11 is 0. The van der Waals surface area contributed by atoms with Crippen molar-refractivity contribution in [2.24, 2.45) is 11.5 Å². The van der Waals surface area contributed by atoms with Crippen molar-refractivity contribution in [1.29, 1.82) is 0 Å². The van der Waals surface area contributed by atoms with Gasteiger partial charge in [0.05, 0.1) is 6.61 Å². The first-order valence-corrected chi connectivity index (χ1v) is 3.44. The van der Waals surface area contributed by atoms with Crippen LogP contribution in [0.3, 0.4) is 0 Å². The molecule has 0 fully saturated rings. The number of carboxylic acid groups (broad SMARTS) is 1. The van der Waals surface area contributed by atoms with Crippen molar-refractivity contribution in [3.8, 4) is 0 Å². The molecule has 0 rings (SSSR count). The average Bonchev–Trinajstić information content (AvgIpc) is 1.97. The largest absolute Gasteiger partial charge is 0.480 e. The molecule has 0 aromatic rings. The van der Waals surface area contributed by atoms with Crippen LogP contribution in [0.15, 0.2) is 0 Å². The monoisotopic (exact) mass is 162 g/mol. The van der Waals surface area contributed by atoms with Crippen molar-refractivity contribution in [3.63, 3.8) is 0 Å². The van der Waals surface area contributed by atoms with Crippen molar-refractivity contribution >= 4 is 5.97 Å². The van der Waals surface area contributed by atoms with Crippen molar-refractivity contribution < 1.29 is 14.6 Å². The molecule has 0 aliphatic rings. The Labute approximate surface area is 65.3 Å². The van der Waals surface area contributed by atoms with Crippen molar-refractivity contribution in [3.05, 3.63) is 0 Å². The van der Waals surface area contributed by atoms with Crippen LogP contribution >= 0.6 is 0 Å². The van der Waals surface area contributed by atoms with Gasteiger partial charge in [-0.3, -0.25) is 4.79 Å². The summed E-state index contributed by atoms with van der Waals surface area (Å²) in [4.78, 5) is 10.2. The second-order valence-electron chi connectivity index (χ2n) is 2.13. The van der Waals surface area contributed by atoms with Crippen molar-refractivity contribution in [1.82, 2.24) is 0 Å². The summed E-state index contributed by atoms with van der Waals surface area (Å²) in [5, 5.41) is 8.33. The molecule has 0 aromatic heterocycles. The van der Waals surface area contributed by atoms with Crippen LogP contribution in [0.25, 0.3) is 0 Å². The Balaban J connectivity index is 3.17. The topological polar surface area (TPSA) is 98.6 Å². The van der Waals surface area contributed by atoms with Gasteiger partial charge in [0.15, 0.2) is 0 Å². The van der Waals surface area contributed by atoms with Crippen LogP contribution in [0.5, 0.6) is 0 Å². The first-order valence-electron chi connectivity index (χ1n) is 3.44. The molecule has 0 amide bonds. The van der Waals surface area contributed by atoms with Gasteiger partial charge in [0.1, 0.15) is 6.04 Å². The predicted octanol–water partition coefficient (Wildman–Crippen LogP) is -1.24. The van der Waals surface area contributed by atoms with Crippen molar-refractivity contribution in [2.75, 3.05) is 19.8 Å². The van der Waals surface area contributed by atoms with Gasteiger partial charge in [-0.2, -0.15) is 0 Å². The molecule has 0 radical (unpaired) electrons. The molecule has 0 spiro atoms. The summed E-state index contributed by atoms with van der Waals surface area (Å²) in [6.07, 6.45) is 0.329. The van der Waals surface area contributed by atoms with E-state index in [2.05, 4.69) is 0 Å². The third-order valence-corrected chi connectivity index (χ3v) is 1.15. The summed E-state index contributed by atoms with van der Waals surface area (Å²) < 4.78 is 4.94. The van der Waals surface area contributed by atoms with Crippen LogP contribution < -0.4 is 11.5 Å². The van der Waals surface area contributed by atoms with Gasteiger partial charge in [-0.1, -0.05) is 0 Å². The molecule has 0 aromatic carbocycles. The standard InChI is InChI=1S/C6H14N2O3/c7-2-4-11-3-1-5(8)6(9)10/h5H,1-4,7-8H2,(H,9,10)/t5-/m0/s1. The Morgan fingerprint density at radius 1 is 1.55 bits per heavy atom. The Hall–Kier alpha value is -0.650. The van der Waals surface area contributed by atoms with Gasteiger partial charge >= 0.3 is 5.97 Å². The lowest BCUT2D eigenvalue weighted by atomic mass is 10.2. The Morgan fingerprint density at radius 3 is 2.64 bits per heavy atom. The number of aliphatic carboxylic acids is 1. The summed E-state index contributed by atoms with van der Waals surface area (Å²) in [6, 6.07) is -0.826. The van der Waals surface area contributed by atoms with Crippen LogP contribution in [-0.4, -0.2) is 36.9 Å². The number of nitrogens with two attached hydrogens (primary N) is 2. The minimum atomic E-state index is -0.999. The van der Waals surface area contributed by atoms with Crippen LogP contribution in [-0.2, 0) is 9.53 Å². The predicted molar refractivity (Wildman–Crippen MR) is 40.1 cm³/mol. The molecule has 0 aliphatic heterocycles. The second-order valence-corrected chi connectivity index (χ2v) is 2.13. The van der Waals surface area contributed by atoms with E-state index in [0.29, 0.717) is 26.2 Å². The molecule has 66 valence electrons. The highest BCUT2D eigenvalue weighted by Gasteiger charge is 2.09. The SMILES string of the molecule is NCCOCC[C@H](N)C(=O)O. The molecule has 5 heteroatoms. The Morgan fingerprint density at radius 2 is 2.18 bits per heavy atom. The van der Waals surface area contributed by atoms with E-state index in [-0.39, 0.29) is 0 Å². The molecule has 0 bridgehead atoms. The van der Waals surface area contributed by atoms with E-state index in [9.17, 15) is 4.79 Å². The summed E-state index contributed by atoms with van der Waals surface area (Å²) in [7, 11) is 0. The highest BCUT2D eigenvalue weighted by molar-refractivity contribution is 5.72. The van der Waals surface area contributed by atoms with E-state index in [4.69, 9.17) is 21.3 Å². The highest BCUT2D eigenvalue weighted by Crippen LogP contribution is 1.88. The first kappa shape index (κ1) is 10.3. The van der Waals surface area contributed by atoms with Gasteiger partial charge < -0.3 is 21.3 Å². The van der Waals surface area contributed by atoms with E-state index in [0.717, 1.165) is 0 Å². The maximum Gasteiger partial charge on any atom is 0.320 e. The van der Waals surface area contributed by atoms with Crippen LogP contribution in [0, 0.1) is 0 Å². The third kappa shape index (κ3) is 5.78. The zero-order valence-corrected chi connectivity index (χ0v) is 6.32. The third-order valence-electron chi connectivity index (χ3n) is 1.15. The fourth-order valence-electron chi connectivity index (χ4n) is 0.519. The van der Waals surface area contributed by atoms with Gasteiger partial charge in [-0.05, 0) is 6.42 Å². The highest BCUT2D eigenvalue weighted by atomic mass is 16.5. The van der Waals surface area contributed by atoms with Crippen molar-refractivity contribution in [2.45, 2.75) is 12.5 Å². The number of hydrogen-bond donors (Lipinski definition) is 3. The van der Waals surface area contributed by atoms with Crippen LogP contribution in [0.2, 0.25) is 0 Å². The fraction of sp³-hybridized carbons (Fsp3) is 0.833. The minimum Gasteiger partial charge on any atom is -0.480 e. The number of carboxylic acids is 1. The molecular formula is C6H14N2O3.